The van der Waals surface area contributed by atoms with Crippen molar-refractivity contribution in [1.82, 2.24) is 9.88 Å². The van der Waals surface area contributed by atoms with Gasteiger partial charge in [-0.1, -0.05) is 22.8 Å². The van der Waals surface area contributed by atoms with Crippen LogP contribution in [0.3, 0.4) is 0 Å². The fraction of sp³-hybridized carbons (Fsp3) is 0.250. The highest BCUT2D eigenvalue weighted by atomic mass is 35.5. The molecule has 1 heterocycles. The quantitative estimate of drug-likeness (QED) is 0.941. The lowest BCUT2D eigenvalue weighted by Gasteiger charge is -2.09. The smallest absolute Gasteiger partial charge is 0.241 e. The first-order valence-corrected chi connectivity index (χ1v) is 7.43. The van der Waals surface area contributed by atoms with Crippen molar-refractivity contribution in [2.75, 3.05) is 0 Å². The Morgan fingerprint density at radius 3 is 2.74 bits per heavy atom. The zero-order valence-electron chi connectivity index (χ0n) is 10.5. The molecule has 2 aromatic rings. The molecule has 0 unspecified atom stereocenters. The number of halogens is 1. The van der Waals surface area contributed by atoms with Gasteiger partial charge in [0.05, 0.1) is 11.1 Å². The van der Waals surface area contributed by atoms with Crippen LogP contribution in [0.4, 0.5) is 0 Å². The molecule has 0 aliphatic rings. The minimum atomic E-state index is -3.61. The highest BCUT2D eigenvalue weighted by Gasteiger charge is 2.18. The molecular weight excluding hydrogens is 288 g/mol. The Morgan fingerprint density at radius 2 is 2.11 bits per heavy atom. The molecule has 0 spiro atoms. The van der Waals surface area contributed by atoms with E-state index < -0.39 is 10.0 Å². The molecule has 0 saturated heterocycles. The molecule has 0 amide bonds. The van der Waals surface area contributed by atoms with Crippen LogP contribution < -0.4 is 4.72 Å². The molecule has 1 aromatic carbocycles. The lowest BCUT2D eigenvalue weighted by atomic mass is 10.2. The number of hydrogen-bond acceptors (Lipinski definition) is 4. The van der Waals surface area contributed by atoms with E-state index in [-0.39, 0.29) is 11.4 Å². The average Bonchev–Trinajstić information content (AvgIpc) is 2.76. The van der Waals surface area contributed by atoms with Crippen molar-refractivity contribution in [3.05, 3.63) is 46.3 Å². The van der Waals surface area contributed by atoms with Crippen LogP contribution in [-0.4, -0.2) is 13.6 Å². The van der Waals surface area contributed by atoms with Crippen LogP contribution in [0.25, 0.3) is 0 Å². The van der Waals surface area contributed by atoms with Crippen LogP contribution in [0.1, 0.15) is 16.9 Å². The number of hydrogen-bond donors (Lipinski definition) is 1. The van der Waals surface area contributed by atoms with Gasteiger partial charge in [0, 0.05) is 17.1 Å². The van der Waals surface area contributed by atoms with Crippen LogP contribution in [0.5, 0.6) is 0 Å². The van der Waals surface area contributed by atoms with Gasteiger partial charge in [0.1, 0.15) is 5.76 Å². The Balaban J connectivity index is 2.24. The van der Waals surface area contributed by atoms with E-state index >= 15 is 0 Å². The minimum Gasteiger partial charge on any atom is -0.361 e. The number of sulfonamides is 1. The molecular formula is C12H13ClN2O3S. The van der Waals surface area contributed by atoms with E-state index in [0.29, 0.717) is 21.9 Å². The zero-order valence-corrected chi connectivity index (χ0v) is 12.0. The van der Waals surface area contributed by atoms with E-state index in [2.05, 4.69) is 9.88 Å². The first-order chi connectivity index (χ1) is 8.92. The van der Waals surface area contributed by atoms with Crippen molar-refractivity contribution in [3.63, 3.8) is 0 Å². The second-order valence-electron chi connectivity index (χ2n) is 4.09. The van der Waals surface area contributed by atoms with Gasteiger partial charge in [-0.05, 0) is 31.5 Å². The van der Waals surface area contributed by atoms with Gasteiger partial charge >= 0.3 is 0 Å². The average molecular weight is 301 g/mol. The second-order valence-corrected chi connectivity index (χ2v) is 6.24. The third kappa shape index (κ3) is 2.97. The third-order valence-corrected chi connectivity index (χ3v) is 4.77. The maximum absolute atomic E-state index is 12.2. The van der Waals surface area contributed by atoms with E-state index in [9.17, 15) is 8.42 Å². The normalized spacial score (nSPS) is 11.7. The molecule has 2 rings (SSSR count). The van der Waals surface area contributed by atoms with E-state index in [0.717, 1.165) is 0 Å². The molecule has 0 aliphatic heterocycles. The molecule has 1 N–H and O–H groups in total. The van der Waals surface area contributed by atoms with Crippen LogP contribution >= 0.6 is 11.6 Å². The van der Waals surface area contributed by atoms with Crippen molar-refractivity contribution in [2.24, 2.45) is 0 Å². The van der Waals surface area contributed by atoms with Gasteiger partial charge in [0.2, 0.25) is 10.0 Å². The predicted molar refractivity (Wildman–Crippen MR) is 71.5 cm³/mol. The first kappa shape index (κ1) is 14.0. The van der Waals surface area contributed by atoms with Crippen molar-refractivity contribution in [3.8, 4) is 0 Å². The van der Waals surface area contributed by atoms with Crippen molar-refractivity contribution < 1.29 is 12.9 Å². The molecule has 0 radical (unpaired) electrons. The first-order valence-electron chi connectivity index (χ1n) is 5.57. The molecule has 0 saturated carbocycles. The Bertz CT molecular complexity index is 695. The summed E-state index contributed by atoms with van der Waals surface area (Å²) in [6.07, 6.45) is 1.49. The van der Waals surface area contributed by atoms with Gasteiger partial charge < -0.3 is 4.52 Å². The summed E-state index contributed by atoms with van der Waals surface area (Å²) in [7, 11) is -3.61. The third-order valence-electron chi connectivity index (χ3n) is 2.81. The van der Waals surface area contributed by atoms with E-state index in [1.165, 1.54) is 12.3 Å². The van der Waals surface area contributed by atoms with Gasteiger partial charge in [-0.2, -0.15) is 0 Å². The van der Waals surface area contributed by atoms with Crippen LogP contribution in [0, 0.1) is 13.8 Å². The number of aryl methyl sites for hydroxylation is 1. The summed E-state index contributed by atoms with van der Waals surface area (Å²) in [6.45, 7) is 3.52. The Kier molecular flexibility index (Phi) is 3.93. The SMILES string of the molecule is Cc1oncc1CNS(=O)(=O)c1cccc(Cl)c1C. The molecule has 7 heteroatoms. The van der Waals surface area contributed by atoms with Gasteiger partial charge in [-0.15, -0.1) is 0 Å². The fourth-order valence-corrected chi connectivity index (χ4v) is 3.12. The maximum atomic E-state index is 12.2. The van der Waals surface area contributed by atoms with Gasteiger partial charge in [-0.25, -0.2) is 13.1 Å². The summed E-state index contributed by atoms with van der Waals surface area (Å²) in [4.78, 5) is 0.175. The molecule has 0 fully saturated rings. The van der Waals surface area contributed by atoms with Crippen LogP contribution in [0.2, 0.25) is 5.02 Å². The van der Waals surface area contributed by atoms with Gasteiger partial charge in [-0.3, -0.25) is 0 Å². The number of nitrogens with one attached hydrogen (secondary N) is 1. The summed E-state index contributed by atoms with van der Waals surface area (Å²) in [6, 6.07) is 4.78. The summed E-state index contributed by atoms with van der Waals surface area (Å²) in [5.41, 5.74) is 1.22. The maximum Gasteiger partial charge on any atom is 0.241 e. The highest BCUT2D eigenvalue weighted by molar-refractivity contribution is 7.89. The van der Waals surface area contributed by atoms with Crippen molar-refractivity contribution in [1.29, 1.82) is 0 Å². The minimum absolute atomic E-state index is 0.129. The molecule has 0 aliphatic carbocycles. The molecule has 0 atom stereocenters. The monoisotopic (exact) mass is 300 g/mol. The molecule has 102 valence electrons. The molecule has 1 aromatic heterocycles. The molecule has 0 bridgehead atoms. The largest absolute Gasteiger partial charge is 0.361 e. The number of aromatic nitrogens is 1. The number of benzene rings is 1. The van der Waals surface area contributed by atoms with Crippen LogP contribution in [-0.2, 0) is 16.6 Å². The van der Waals surface area contributed by atoms with E-state index in [4.69, 9.17) is 16.1 Å². The lowest BCUT2D eigenvalue weighted by Crippen LogP contribution is -2.24. The summed E-state index contributed by atoms with van der Waals surface area (Å²) in [5, 5.41) is 4.02. The number of nitrogens with zero attached hydrogens (tertiary/aromatic N) is 1. The molecule has 19 heavy (non-hydrogen) atoms. The summed E-state index contributed by atoms with van der Waals surface area (Å²) >= 11 is 5.93. The standard InChI is InChI=1S/C12H13ClN2O3S/c1-8-11(13)4-3-5-12(8)19(16,17)15-7-10-6-14-18-9(10)2/h3-6,15H,7H2,1-2H3. The molecule has 5 nitrogen and oxygen atoms in total. The Hall–Kier alpha value is -1.37. The zero-order chi connectivity index (χ0) is 14.0. The lowest BCUT2D eigenvalue weighted by molar-refractivity contribution is 0.396. The second kappa shape index (κ2) is 5.32. The van der Waals surface area contributed by atoms with E-state index in [1.807, 2.05) is 0 Å². The van der Waals surface area contributed by atoms with Crippen molar-refractivity contribution in [2.45, 2.75) is 25.3 Å². The predicted octanol–water partition coefficient (Wildman–Crippen LogP) is 2.42. The fourth-order valence-electron chi connectivity index (χ4n) is 1.62. The summed E-state index contributed by atoms with van der Waals surface area (Å²) in [5.74, 6) is 0.588. The number of rotatable bonds is 4. The van der Waals surface area contributed by atoms with Crippen molar-refractivity contribution >= 4 is 21.6 Å². The Labute approximate surface area is 116 Å². The highest BCUT2D eigenvalue weighted by Crippen LogP contribution is 2.22. The Morgan fingerprint density at radius 1 is 1.37 bits per heavy atom. The van der Waals surface area contributed by atoms with Gasteiger partial charge in [0.25, 0.3) is 0 Å². The van der Waals surface area contributed by atoms with E-state index in [1.54, 1.807) is 26.0 Å². The van der Waals surface area contributed by atoms with Crippen LogP contribution in [0.15, 0.2) is 33.8 Å². The van der Waals surface area contributed by atoms with Gasteiger partial charge in [0.15, 0.2) is 0 Å². The topological polar surface area (TPSA) is 72.2 Å². The summed E-state index contributed by atoms with van der Waals surface area (Å²) < 4.78 is 31.8.